The zero-order chi connectivity index (χ0) is 11.3. The molecule has 0 radical (unpaired) electrons. The van der Waals surface area contributed by atoms with E-state index in [1.807, 2.05) is 0 Å². The van der Waals surface area contributed by atoms with E-state index in [9.17, 15) is 9.59 Å². The van der Waals surface area contributed by atoms with E-state index in [-0.39, 0.29) is 11.1 Å². The third kappa shape index (κ3) is 2.34. The number of methoxy groups -OCH3 is 1. The van der Waals surface area contributed by atoms with Crippen LogP contribution in [0.15, 0.2) is 18.2 Å². The molecule has 0 spiro atoms. The molecular formula is C11H12O4. The van der Waals surface area contributed by atoms with Crippen molar-refractivity contribution in [1.29, 1.82) is 0 Å². The summed E-state index contributed by atoms with van der Waals surface area (Å²) in [6, 6.07) is 4.81. The summed E-state index contributed by atoms with van der Waals surface area (Å²) < 4.78 is 9.78. The molecular weight excluding hydrogens is 196 g/mol. The van der Waals surface area contributed by atoms with Crippen molar-refractivity contribution in [1.82, 2.24) is 0 Å². The van der Waals surface area contributed by atoms with Gasteiger partial charge in [0.25, 0.3) is 0 Å². The maximum atomic E-state index is 11.3. The minimum absolute atomic E-state index is 0.221. The van der Waals surface area contributed by atoms with Gasteiger partial charge in [0.05, 0.1) is 24.8 Å². The molecule has 15 heavy (non-hydrogen) atoms. The molecule has 0 unspecified atom stereocenters. The molecule has 0 fully saturated rings. The predicted molar refractivity (Wildman–Crippen MR) is 54.3 cm³/mol. The normalized spacial score (nSPS) is 9.47. The molecule has 0 saturated carbocycles. The first kappa shape index (κ1) is 11.2. The monoisotopic (exact) mass is 208 g/mol. The second-order valence-electron chi connectivity index (χ2n) is 2.76. The van der Waals surface area contributed by atoms with Crippen LogP contribution in [0.25, 0.3) is 0 Å². The zero-order valence-electron chi connectivity index (χ0n) is 8.65. The van der Waals surface area contributed by atoms with Crippen LogP contribution in [-0.4, -0.2) is 26.0 Å². The largest absolute Gasteiger partial charge is 0.493 e. The van der Waals surface area contributed by atoms with Crippen molar-refractivity contribution < 1.29 is 19.1 Å². The van der Waals surface area contributed by atoms with Gasteiger partial charge in [0.2, 0.25) is 0 Å². The second-order valence-corrected chi connectivity index (χ2v) is 2.76. The highest BCUT2D eigenvalue weighted by molar-refractivity contribution is 5.99. The molecule has 0 bridgehead atoms. The summed E-state index contributed by atoms with van der Waals surface area (Å²) in [5.41, 5.74) is 0.449. The van der Waals surface area contributed by atoms with Crippen LogP contribution in [0.4, 0.5) is 0 Å². The number of rotatable bonds is 4. The van der Waals surface area contributed by atoms with Crippen molar-refractivity contribution in [2.24, 2.45) is 0 Å². The Morgan fingerprint density at radius 1 is 1.47 bits per heavy atom. The van der Waals surface area contributed by atoms with Crippen LogP contribution in [-0.2, 0) is 4.74 Å². The quantitative estimate of drug-likeness (QED) is 0.558. The molecule has 0 heterocycles. The van der Waals surface area contributed by atoms with Gasteiger partial charge < -0.3 is 9.47 Å². The van der Waals surface area contributed by atoms with E-state index in [0.717, 1.165) is 0 Å². The fourth-order valence-electron chi connectivity index (χ4n) is 1.23. The average Bonchev–Trinajstić information content (AvgIpc) is 2.28. The van der Waals surface area contributed by atoms with E-state index in [1.165, 1.54) is 13.2 Å². The van der Waals surface area contributed by atoms with Crippen LogP contribution in [0.2, 0.25) is 0 Å². The molecule has 0 aliphatic carbocycles. The molecule has 0 aromatic heterocycles. The van der Waals surface area contributed by atoms with Gasteiger partial charge in [-0.1, -0.05) is 6.07 Å². The second kappa shape index (κ2) is 5.14. The van der Waals surface area contributed by atoms with Crippen molar-refractivity contribution in [3.05, 3.63) is 29.3 Å². The van der Waals surface area contributed by atoms with E-state index >= 15 is 0 Å². The molecule has 0 saturated heterocycles. The molecule has 0 aliphatic heterocycles. The van der Waals surface area contributed by atoms with Crippen LogP contribution in [0.1, 0.15) is 27.6 Å². The third-order valence-corrected chi connectivity index (χ3v) is 1.89. The highest BCUT2D eigenvalue weighted by Gasteiger charge is 2.15. The van der Waals surface area contributed by atoms with E-state index in [2.05, 4.69) is 4.74 Å². The Kier molecular flexibility index (Phi) is 3.85. The summed E-state index contributed by atoms with van der Waals surface area (Å²) in [7, 11) is 1.27. The van der Waals surface area contributed by atoms with Crippen LogP contribution >= 0.6 is 0 Å². The van der Waals surface area contributed by atoms with E-state index in [1.54, 1.807) is 19.1 Å². The number of hydrogen-bond acceptors (Lipinski definition) is 4. The predicted octanol–water partition coefficient (Wildman–Crippen LogP) is 1.68. The molecule has 1 rings (SSSR count). The van der Waals surface area contributed by atoms with E-state index in [0.29, 0.717) is 18.6 Å². The first-order chi connectivity index (χ1) is 7.24. The number of carbonyl (C=O) groups excluding carboxylic acids is 2. The Morgan fingerprint density at radius 2 is 2.20 bits per heavy atom. The van der Waals surface area contributed by atoms with Gasteiger partial charge in [0.15, 0.2) is 6.29 Å². The standard InChI is InChI=1S/C11H12O4/c1-3-15-10-6-4-5-8(9(10)7-12)11(13)14-2/h4-7H,3H2,1-2H3. The Bertz CT molecular complexity index is 371. The molecule has 4 heteroatoms. The van der Waals surface area contributed by atoms with Crippen molar-refractivity contribution in [2.45, 2.75) is 6.92 Å². The lowest BCUT2D eigenvalue weighted by Crippen LogP contribution is -2.07. The Morgan fingerprint density at radius 3 is 2.73 bits per heavy atom. The van der Waals surface area contributed by atoms with Crippen molar-refractivity contribution in [3.8, 4) is 5.75 Å². The molecule has 0 amide bonds. The van der Waals surface area contributed by atoms with Gasteiger partial charge in [-0.3, -0.25) is 4.79 Å². The van der Waals surface area contributed by atoms with Gasteiger partial charge >= 0.3 is 5.97 Å². The number of carbonyl (C=O) groups is 2. The molecule has 1 aromatic carbocycles. The van der Waals surface area contributed by atoms with Gasteiger partial charge in [-0.05, 0) is 19.1 Å². The fourth-order valence-corrected chi connectivity index (χ4v) is 1.23. The SMILES string of the molecule is CCOc1cccc(C(=O)OC)c1C=O. The van der Waals surface area contributed by atoms with Crippen molar-refractivity contribution in [2.75, 3.05) is 13.7 Å². The lowest BCUT2D eigenvalue weighted by Gasteiger charge is -2.08. The number of benzene rings is 1. The lowest BCUT2D eigenvalue weighted by atomic mass is 10.1. The number of aldehydes is 1. The van der Waals surface area contributed by atoms with Crippen molar-refractivity contribution >= 4 is 12.3 Å². The van der Waals surface area contributed by atoms with Gasteiger partial charge in [-0.25, -0.2) is 4.79 Å². The number of ether oxygens (including phenoxy) is 2. The smallest absolute Gasteiger partial charge is 0.338 e. The van der Waals surface area contributed by atoms with E-state index in [4.69, 9.17) is 4.74 Å². The minimum Gasteiger partial charge on any atom is -0.493 e. The van der Waals surface area contributed by atoms with Crippen LogP contribution in [0, 0.1) is 0 Å². The van der Waals surface area contributed by atoms with Gasteiger partial charge in [0.1, 0.15) is 5.75 Å². The average molecular weight is 208 g/mol. The van der Waals surface area contributed by atoms with Crippen LogP contribution < -0.4 is 4.74 Å². The van der Waals surface area contributed by atoms with Gasteiger partial charge in [-0.15, -0.1) is 0 Å². The summed E-state index contributed by atoms with van der Waals surface area (Å²) in [5, 5.41) is 0. The maximum absolute atomic E-state index is 11.3. The topological polar surface area (TPSA) is 52.6 Å². The minimum atomic E-state index is -0.543. The Labute approximate surface area is 87.8 Å². The van der Waals surface area contributed by atoms with Crippen LogP contribution in [0.5, 0.6) is 5.75 Å². The lowest BCUT2D eigenvalue weighted by molar-refractivity contribution is 0.0597. The first-order valence-corrected chi connectivity index (χ1v) is 4.53. The highest BCUT2D eigenvalue weighted by Crippen LogP contribution is 2.21. The first-order valence-electron chi connectivity index (χ1n) is 4.53. The molecule has 80 valence electrons. The Hall–Kier alpha value is -1.84. The summed E-state index contributed by atoms with van der Waals surface area (Å²) >= 11 is 0. The van der Waals surface area contributed by atoms with Crippen LogP contribution in [0.3, 0.4) is 0 Å². The number of hydrogen-bond donors (Lipinski definition) is 0. The molecule has 0 N–H and O–H groups in total. The van der Waals surface area contributed by atoms with Gasteiger partial charge in [0, 0.05) is 0 Å². The number of esters is 1. The highest BCUT2D eigenvalue weighted by atomic mass is 16.5. The molecule has 4 nitrogen and oxygen atoms in total. The summed E-state index contributed by atoms with van der Waals surface area (Å²) in [6.07, 6.45) is 0.594. The molecule has 0 atom stereocenters. The molecule has 1 aromatic rings. The van der Waals surface area contributed by atoms with Gasteiger partial charge in [-0.2, -0.15) is 0 Å². The maximum Gasteiger partial charge on any atom is 0.338 e. The fraction of sp³-hybridized carbons (Fsp3) is 0.273. The Balaban J connectivity index is 3.21. The third-order valence-electron chi connectivity index (χ3n) is 1.89. The summed E-state index contributed by atoms with van der Waals surface area (Å²) in [5.74, 6) is -0.144. The van der Waals surface area contributed by atoms with Crippen molar-refractivity contribution in [3.63, 3.8) is 0 Å². The summed E-state index contributed by atoms with van der Waals surface area (Å²) in [4.78, 5) is 22.2. The molecule has 0 aliphatic rings. The zero-order valence-corrected chi connectivity index (χ0v) is 8.65. The summed E-state index contributed by atoms with van der Waals surface area (Å²) in [6.45, 7) is 2.24. The van der Waals surface area contributed by atoms with E-state index < -0.39 is 5.97 Å².